The number of hydrogen-bond donors (Lipinski definition) is 1. The lowest BCUT2D eigenvalue weighted by molar-refractivity contribution is 0.0688. The molecule has 0 aliphatic heterocycles. The Morgan fingerprint density at radius 3 is 2.15 bits per heavy atom. The van der Waals surface area contributed by atoms with Gasteiger partial charge in [0, 0.05) is 18.3 Å². The molecule has 0 amide bonds. The number of carboxylic acids is 1. The molecular weight excluding hydrogens is 262 g/mol. The van der Waals surface area contributed by atoms with Gasteiger partial charge in [0.05, 0.1) is 27.0 Å². The average molecular weight is 277 g/mol. The van der Waals surface area contributed by atoms with Gasteiger partial charge in [-0.2, -0.15) is 0 Å². The van der Waals surface area contributed by atoms with Gasteiger partial charge in [-0.1, -0.05) is 0 Å². The lowest BCUT2D eigenvalue weighted by Crippen LogP contribution is -2.06. The monoisotopic (exact) mass is 277 g/mol. The minimum Gasteiger partial charge on any atom is -0.493 e. The normalized spacial score (nSPS) is 10.2. The van der Waals surface area contributed by atoms with E-state index < -0.39 is 5.97 Å². The van der Waals surface area contributed by atoms with Crippen LogP contribution in [0.3, 0.4) is 0 Å². The number of benzene rings is 1. The average Bonchev–Trinajstić information content (AvgIpc) is 2.95. The molecule has 6 heteroatoms. The van der Waals surface area contributed by atoms with Crippen LogP contribution in [0.5, 0.6) is 17.2 Å². The zero-order valence-corrected chi connectivity index (χ0v) is 11.4. The van der Waals surface area contributed by atoms with Crippen LogP contribution in [0, 0.1) is 0 Å². The smallest absolute Gasteiger partial charge is 0.352 e. The van der Waals surface area contributed by atoms with Gasteiger partial charge in [0.1, 0.15) is 5.69 Å². The summed E-state index contributed by atoms with van der Waals surface area (Å²) in [7, 11) is 4.53. The minimum atomic E-state index is -1.01. The SMILES string of the molecule is COc1cc(-n2cccc2C(=O)O)cc(OC)c1OC. The highest BCUT2D eigenvalue weighted by atomic mass is 16.5. The van der Waals surface area contributed by atoms with E-state index in [0.717, 1.165) is 0 Å². The second-order valence-corrected chi connectivity index (χ2v) is 3.95. The summed E-state index contributed by atoms with van der Waals surface area (Å²) >= 11 is 0. The summed E-state index contributed by atoms with van der Waals surface area (Å²) in [5, 5.41) is 9.16. The summed E-state index contributed by atoms with van der Waals surface area (Å²) in [5.74, 6) is 0.380. The number of aromatic nitrogens is 1. The topological polar surface area (TPSA) is 69.9 Å². The van der Waals surface area contributed by atoms with Crippen molar-refractivity contribution in [2.45, 2.75) is 0 Å². The van der Waals surface area contributed by atoms with E-state index in [-0.39, 0.29) is 5.69 Å². The first-order valence-corrected chi connectivity index (χ1v) is 5.83. The fraction of sp³-hybridized carbons (Fsp3) is 0.214. The Kier molecular flexibility index (Phi) is 3.84. The highest BCUT2D eigenvalue weighted by Gasteiger charge is 2.16. The third-order valence-electron chi connectivity index (χ3n) is 2.90. The van der Waals surface area contributed by atoms with Crippen molar-refractivity contribution in [2.24, 2.45) is 0 Å². The Morgan fingerprint density at radius 1 is 1.10 bits per heavy atom. The number of aromatic carboxylic acids is 1. The van der Waals surface area contributed by atoms with Crippen LogP contribution >= 0.6 is 0 Å². The Morgan fingerprint density at radius 2 is 1.70 bits per heavy atom. The zero-order chi connectivity index (χ0) is 14.7. The summed E-state index contributed by atoms with van der Waals surface area (Å²) in [6, 6.07) is 6.56. The molecule has 1 aromatic heterocycles. The van der Waals surface area contributed by atoms with E-state index in [1.54, 1.807) is 24.4 Å². The molecular formula is C14H15NO5. The molecule has 0 bridgehead atoms. The van der Waals surface area contributed by atoms with Crippen LogP contribution < -0.4 is 14.2 Å². The number of nitrogens with zero attached hydrogens (tertiary/aromatic N) is 1. The molecule has 0 unspecified atom stereocenters. The van der Waals surface area contributed by atoms with E-state index in [2.05, 4.69) is 0 Å². The number of carboxylic acid groups (broad SMARTS) is 1. The Hall–Kier alpha value is -2.63. The second-order valence-electron chi connectivity index (χ2n) is 3.95. The molecule has 2 rings (SSSR count). The third-order valence-corrected chi connectivity index (χ3v) is 2.90. The molecule has 106 valence electrons. The standard InChI is InChI=1S/C14H15NO5/c1-18-11-7-9(8-12(19-2)13(11)20-3)15-6-4-5-10(15)14(16)17/h4-8H,1-3H3,(H,16,17). The lowest BCUT2D eigenvalue weighted by Gasteiger charge is -2.15. The maximum Gasteiger partial charge on any atom is 0.352 e. The number of hydrogen-bond acceptors (Lipinski definition) is 4. The number of ether oxygens (including phenoxy) is 3. The first-order valence-electron chi connectivity index (χ1n) is 5.83. The van der Waals surface area contributed by atoms with Gasteiger partial charge in [0.25, 0.3) is 0 Å². The van der Waals surface area contributed by atoms with Gasteiger partial charge >= 0.3 is 5.97 Å². The van der Waals surface area contributed by atoms with Gasteiger partial charge in [-0.15, -0.1) is 0 Å². The Labute approximate surface area is 116 Å². The van der Waals surface area contributed by atoms with Gasteiger partial charge in [0.15, 0.2) is 11.5 Å². The summed E-state index contributed by atoms with van der Waals surface area (Å²) in [5.41, 5.74) is 0.765. The summed E-state index contributed by atoms with van der Waals surface area (Å²) in [6.45, 7) is 0. The first-order chi connectivity index (χ1) is 9.62. The van der Waals surface area contributed by atoms with Gasteiger partial charge < -0.3 is 23.9 Å². The quantitative estimate of drug-likeness (QED) is 0.907. The van der Waals surface area contributed by atoms with Crippen LogP contribution in [0.1, 0.15) is 10.5 Å². The van der Waals surface area contributed by atoms with Crippen molar-refractivity contribution in [3.05, 3.63) is 36.2 Å². The molecule has 1 heterocycles. The Balaban J connectivity index is 2.63. The molecule has 6 nitrogen and oxygen atoms in total. The van der Waals surface area contributed by atoms with Crippen molar-refractivity contribution < 1.29 is 24.1 Å². The van der Waals surface area contributed by atoms with E-state index in [4.69, 9.17) is 19.3 Å². The molecule has 20 heavy (non-hydrogen) atoms. The molecule has 0 atom stereocenters. The minimum absolute atomic E-state index is 0.152. The lowest BCUT2D eigenvalue weighted by atomic mass is 10.2. The molecule has 0 saturated heterocycles. The Bertz CT molecular complexity index is 607. The zero-order valence-electron chi connectivity index (χ0n) is 11.4. The summed E-state index contributed by atoms with van der Waals surface area (Å²) in [6.07, 6.45) is 1.66. The maximum atomic E-state index is 11.2. The van der Waals surface area contributed by atoms with E-state index in [1.165, 1.54) is 32.0 Å². The highest BCUT2D eigenvalue weighted by Crippen LogP contribution is 2.39. The predicted octanol–water partition coefficient (Wildman–Crippen LogP) is 2.20. The molecule has 1 N–H and O–H groups in total. The second kappa shape index (κ2) is 5.56. The van der Waals surface area contributed by atoms with Gasteiger partial charge in [-0.25, -0.2) is 4.79 Å². The molecule has 0 spiro atoms. The summed E-state index contributed by atoms with van der Waals surface area (Å²) in [4.78, 5) is 11.2. The highest BCUT2D eigenvalue weighted by molar-refractivity contribution is 5.86. The van der Waals surface area contributed by atoms with E-state index in [9.17, 15) is 4.79 Å². The maximum absolute atomic E-state index is 11.2. The van der Waals surface area contributed by atoms with Crippen LogP contribution in [0.4, 0.5) is 0 Å². The number of rotatable bonds is 5. The van der Waals surface area contributed by atoms with E-state index in [1.807, 2.05) is 0 Å². The fourth-order valence-corrected chi connectivity index (χ4v) is 1.99. The van der Waals surface area contributed by atoms with Gasteiger partial charge in [-0.3, -0.25) is 0 Å². The fourth-order valence-electron chi connectivity index (χ4n) is 1.99. The van der Waals surface area contributed by atoms with Crippen LogP contribution in [-0.2, 0) is 0 Å². The van der Waals surface area contributed by atoms with E-state index in [0.29, 0.717) is 22.9 Å². The van der Waals surface area contributed by atoms with Crippen molar-refractivity contribution in [2.75, 3.05) is 21.3 Å². The molecule has 0 radical (unpaired) electrons. The van der Waals surface area contributed by atoms with Crippen LogP contribution in [-0.4, -0.2) is 37.0 Å². The third kappa shape index (κ3) is 2.27. The molecule has 2 aromatic rings. The predicted molar refractivity (Wildman–Crippen MR) is 72.4 cm³/mol. The van der Waals surface area contributed by atoms with E-state index >= 15 is 0 Å². The van der Waals surface area contributed by atoms with Crippen molar-refractivity contribution >= 4 is 5.97 Å². The molecule has 1 aromatic carbocycles. The number of methoxy groups -OCH3 is 3. The largest absolute Gasteiger partial charge is 0.493 e. The van der Waals surface area contributed by atoms with Crippen molar-refractivity contribution in [3.63, 3.8) is 0 Å². The van der Waals surface area contributed by atoms with Crippen molar-refractivity contribution in [1.82, 2.24) is 4.57 Å². The molecule has 0 aliphatic rings. The molecule has 0 aliphatic carbocycles. The van der Waals surface area contributed by atoms with Gasteiger partial charge in [-0.05, 0) is 12.1 Å². The molecule has 0 fully saturated rings. The first kappa shape index (κ1) is 13.8. The summed E-state index contributed by atoms with van der Waals surface area (Å²) < 4.78 is 17.3. The van der Waals surface area contributed by atoms with Crippen LogP contribution in [0.2, 0.25) is 0 Å². The van der Waals surface area contributed by atoms with Crippen molar-refractivity contribution in [1.29, 1.82) is 0 Å². The van der Waals surface area contributed by atoms with Gasteiger partial charge in [0.2, 0.25) is 5.75 Å². The molecule has 0 saturated carbocycles. The number of carbonyl (C=O) groups is 1. The van der Waals surface area contributed by atoms with Crippen molar-refractivity contribution in [3.8, 4) is 22.9 Å². The van der Waals surface area contributed by atoms with Crippen LogP contribution in [0.25, 0.3) is 5.69 Å². The van der Waals surface area contributed by atoms with Crippen LogP contribution in [0.15, 0.2) is 30.5 Å².